The average molecular weight is 372 g/mol. The number of benzene rings is 1. The number of carbonyl (C=O) groups excluding carboxylic acids is 1. The first-order valence-electron chi connectivity index (χ1n) is 8.86. The molecular formula is C19H24N4O4. The molecule has 2 aromatic rings. The van der Waals surface area contributed by atoms with E-state index >= 15 is 0 Å². The molecule has 8 nitrogen and oxygen atoms in total. The van der Waals surface area contributed by atoms with E-state index in [1.54, 1.807) is 30.1 Å². The summed E-state index contributed by atoms with van der Waals surface area (Å²) in [4.78, 5) is 28.8. The molecule has 0 aliphatic heterocycles. The second-order valence-corrected chi connectivity index (χ2v) is 7.37. The number of carbonyl (C=O) groups is 2. The van der Waals surface area contributed by atoms with E-state index in [9.17, 15) is 14.7 Å². The van der Waals surface area contributed by atoms with Crippen LogP contribution in [-0.4, -0.2) is 50.0 Å². The number of nitrogens with one attached hydrogen (secondary N) is 1. The molecule has 2 atom stereocenters. The van der Waals surface area contributed by atoms with E-state index in [1.165, 1.54) is 6.33 Å². The molecule has 1 fully saturated rings. The fourth-order valence-electron chi connectivity index (χ4n) is 3.68. The fourth-order valence-corrected chi connectivity index (χ4v) is 3.68. The van der Waals surface area contributed by atoms with Crippen molar-refractivity contribution in [3.8, 4) is 5.69 Å². The molecule has 0 spiro atoms. The van der Waals surface area contributed by atoms with Gasteiger partial charge in [0.1, 0.15) is 18.2 Å². The highest BCUT2D eigenvalue weighted by Gasteiger charge is 2.66. The van der Waals surface area contributed by atoms with E-state index in [-0.39, 0.29) is 12.5 Å². The number of hydrogen-bond donors (Lipinski definition) is 2. The largest absolute Gasteiger partial charge is 0.479 e. The molecule has 0 bridgehead atoms. The average Bonchev–Trinajstić information content (AvgIpc) is 3.14. The Morgan fingerprint density at radius 2 is 2.15 bits per heavy atom. The highest BCUT2D eigenvalue weighted by atomic mass is 16.5. The summed E-state index contributed by atoms with van der Waals surface area (Å²) in [5, 5.41) is 16.7. The van der Waals surface area contributed by atoms with Crippen LogP contribution in [0.25, 0.3) is 5.69 Å². The van der Waals surface area contributed by atoms with E-state index in [4.69, 9.17) is 4.74 Å². The van der Waals surface area contributed by atoms with Crippen molar-refractivity contribution in [1.29, 1.82) is 0 Å². The van der Waals surface area contributed by atoms with Crippen molar-refractivity contribution in [2.45, 2.75) is 45.8 Å². The van der Waals surface area contributed by atoms with Gasteiger partial charge in [0.2, 0.25) is 0 Å². The third-order valence-electron chi connectivity index (χ3n) is 5.59. The first kappa shape index (κ1) is 19.0. The number of ether oxygens (including phenoxy) is 1. The minimum Gasteiger partial charge on any atom is -0.479 e. The van der Waals surface area contributed by atoms with Gasteiger partial charge in [-0.2, -0.15) is 5.10 Å². The molecule has 1 aromatic heterocycles. The summed E-state index contributed by atoms with van der Waals surface area (Å²) in [7, 11) is 0. The SMILES string of the molecule is CCOC1CC(NC(=O)c2ccc(-n3cncn3)cc2C)(C(=O)O)C1(C)C. The molecule has 8 heteroatoms. The van der Waals surface area contributed by atoms with Crippen molar-refractivity contribution in [3.05, 3.63) is 42.0 Å². The number of aryl methyl sites for hydroxylation is 1. The zero-order valence-electron chi connectivity index (χ0n) is 15.9. The number of carboxylic acids is 1. The predicted molar refractivity (Wildman–Crippen MR) is 97.7 cm³/mol. The van der Waals surface area contributed by atoms with E-state index in [0.717, 1.165) is 11.3 Å². The molecule has 1 aromatic carbocycles. The normalized spacial score (nSPS) is 23.5. The standard InChI is InChI=1S/C19H24N4O4/c1-5-27-15-9-19(17(25)26,18(15,3)4)22-16(24)14-7-6-13(8-12(14)2)23-11-20-10-21-23/h6-8,10-11,15H,5,9H2,1-4H3,(H,22,24)(H,25,26). The van der Waals surface area contributed by atoms with Gasteiger partial charge in [-0.05, 0) is 37.6 Å². The van der Waals surface area contributed by atoms with Crippen LogP contribution in [0.15, 0.2) is 30.9 Å². The van der Waals surface area contributed by atoms with E-state index < -0.39 is 22.8 Å². The molecular weight excluding hydrogens is 348 g/mol. The maximum absolute atomic E-state index is 12.9. The predicted octanol–water partition coefficient (Wildman–Crippen LogP) is 1.96. The molecule has 1 saturated carbocycles. The summed E-state index contributed by atoms with van der Waals surface area (Å²) in [6.45, 7) is 7.80. The van der Waals surface area contributed by atoms with Gasteiger partial charge in [-0.3, -0.25) is 4.79 Å². The van der Waals surface area contributed by atoms with E-state index in [1.807, 2.05) is 26.8 Å². The van der Waals surface area contributed by atoms with E-state index in [0.29, 0.717) is 12.2 Å². The van der Waals surface area contributed by atoms with Crippen LogP contribution in [0.5, 0.6) is 0 Å². The number of amides is 1. The first-order valence-corrected chi connectivity index (χ1v) is 8.86. The quantitative estimate of drug-likeness (QED) is 0.803. The Morgan fingerprint density at radius 3 is 2.67 bits per heavy atom. The lowest BCUT2D eigenvalue weighted by molar-refractivity contribution is -0.190. The third-order valence-corrected chi connectivity index (χ3v) is 5.59. The minimum atomic E-state index is -1.36. The van der Waals surface area contributed by atoms with Crippen molar-refractivity contribution in [3.63, 3.8) is 0 Å². The smallest absolute Gasteiger partial charge is 0.330 e. The first-order chi connectivity index (χ1) is 12.7. The molecule has 144 valence electrons. The Balaban J connectivity index is 1.85. The summed E-state index contributed by atoms with van der Waals surface area (Å²) in [6, 6.07) is 5.23. The molecule has 1 aliphatic rings. The van der Waals surface area contributed by atoms with Crippen molar-refractivity contribution in [2.24, 2.45) is 5.41 Å². The maximum Gasteiger partial charge on any atom is 0.330 e. The molecule has 0 saturated heterocycles. The minimum absolute atomic E-state index is 0.213. The lowest BCUT2D eigenvalue weighted by Crippen LogP contribution is -2.76. The zero-order chi connectivity index (χ0) is 19.8. The second-order valence-electron chi connectivity index (χ2n) is 7.37. The van der Waals surface area contributed by atoms with Gasteiger partial charge in [0.05, 0.1) is 11.8 Å². The Bertz CT molecular complexity index is 863. The zero-order valence-corrected chi connectivity index (χ0v) is 15.9. The van der Waals surface area contributed by atoms with Crippen LogP contribution in [-0.2, 0) is 9.53 Å². The molecule has 1 aliphatic carbocycles. The molecule has 27 heavy (non-hydrogen) atoms. The highest BCUT2D eigenvalue weighted by Crippen LogP contribution is 2.51. The van der Waals surface area contributed by atoms with Crippen LogP contribution < -0.4 is 5.32 Å². The van der Waals surface area contributed by atoms with Gasteiger partial charge in [0.15, 0.2) is 0 Å². The summed E-state index contributed by atoms with van der Waals surface area (Å²) in [5.41, 5.74) is -0.162. The van der Waals surface area contributed by atoms with Gasteiger partial charge >= 0.3 is 5.97 Å². The van der Waals surface area contributed by atoms with E-state index in [2.05, 4.69) is 15.4 Å². The maximum atomic E-state index is 12.9. The summed E-state index contributed by atoms with van der Waals surface area (Å²) in [5.74, 6) is -1.46. The summed E-state index contributed by atoms with van der Waals surface area (Å²) in [6.07, 6.45) is 3.03. The van der Waals surface area contributed by atoms with Crippen LogP contribution >= 0.6 is 0 Å². The Labute approximate surface area is 157 Å². The highest BCUT2D eigenvalue weighted by molar-refractivity contribution is 6.00. The topological polar surface area (TPSA) is 106 Å². The van der Waals surface area contributed by atoms with Gasteiger partial charge in [0.25, 0.3) is 5.91 Å². The van der Waals surface area contributed by atoms with Crippen LogP contribution in [0, 0.1) is 12.3 Å². The number of aliphatic carboxylic acids is 1. The second kappa shape index (κ2) is 6.77. The van der Waals surface area contributed by atoms with Crippen LogP contribution in [0.1, 0.15) is 43.1 Å². The van der Waals surface area contributed by atoms with Crippen LogP contribution in [0.4, 0.5) is 0 Å². The summed E-state index contributed by atoms with van der Waals surface area (Å²) < 4.78 is 7.23. The van der Waals surface area contributed by atoms with Crippen molar-refractivity contribution in [1.82, 2.24) is 20.1 Å². The lowest BCUT2D eigenvalue weighted by atomic mass is 9.54. The van der Waals surface area contributed by atoms with Gasteiger partial charge in [0, 0.05) is 24.0 Å². The molecule has 0 radical (unpaired) electrons. The van der Waals surface area contributed by atoms with Gasteiger partial charge < -0.3 is 15.2 Å². The molecule has 1 heterocycles. The van der Waals surface area contributed by atoms with Gasteiger partial charge in [-0.15, -0.1) is 0 Å². The summed E-state index contributed by atoms with van der Waals surface area (Å²) >= 11 is 0. The molecule has 1 amide bonds. The van der Waals surface area contributed by atoms with Crippen LogP contribution in [0.2, 0.25) is 0 Å². The molecule has 2 N–H and O–H groups in total. The van der Waals surface area contributed by atoms with Gasteiger partial charge in [-0.1, -0.05) is 13.8 Å². The number of rotatable bonds is 6. The fraction of sp³-hybridized carbons (Fsp3) is 0.474. The van der Waals surface area contributed by atoms with Crippen molar-refractivity contribution >= 4 is 11.9 Å². The number of nitrogens with zero attached hydrogens (tertiary/aromatic N) is 3. The number of hydrogen-bond acceptors (Lipinski definition) is 5. The van der Waals surface area contributed by atoms with Gasteiger partial charge in [-0.25, -0.2) is 14.5 Å². The van der Waals surface area contributed by atoms with Crippen molar-refractivity contribution < 1.29 is 19.4 Å². The third kappa shape index (κ3) is 2.99. The number of aromatic nitrogens is 3. The van der Waals surface area contributed by atoms with Crippen LogP contribution in [0.3, 0.4) is 0 Å². The Hall–Kier alpha value is -2.74. The molecule has 2 unspecified atom stereocenters. The lowest BCUT2D eigenvalue weighted by Gasteiger charge is -2.58. The Morgan fingerprint density at radius 1 is 1.41 bits per heavy atom. The molecule has 3 rings (SSSR count). The monoisotopic (exact) mass is 372 g/mol. The van der Waals surface area contributed by atoms with Crippen molar-refractivity contribution in [2.75, 3.05) is 6.61 Å². The number of carboxylic acid groups (broad SMARTS) is 1. The Kier molecular flexibility index (Phi) is 4.77.